The Balaban J connectivity index is 1.76. The monoisotopic (exact) mass is 275 g/mol. The van der Waals surface area contributed by atoms with Crippen molar-refractivity contribution in [3.05, 3.63) is 11.9 Å². The van der Waals surface area contributed by atoms with E-state index in [1.165, 1.54) is 0 Å². The van der Waals surface area contributed by atoms with Crippen molar-refractivity contribution < 1.29 is 4.79 Å². The minimum absolute atomic E-state index is 0.116. The molecule has 6 heteroatoms. The van der Waals surface area contributed by atoms with Crippen LogP contribution in [0.5, 0.6) is 0 Å². The van der Waals surface area contributed by atoms with E-state index in [2.05, 4.69) is 29.4 Å². The van der Waals surface area contributed by atoms with Crippen molar-refractivity contribution >= 4 is 16.9 Å². The molecule has 0 aliphatic heterocycles. The standard InChI is InChI=1S/C14H21N5O/c1-9(2)19-12-8-15-18(14(12)10(3)17-19)7-6-13(20)16-11-4-5-11/h8-9,11H,4-7H2,1-3H3,(H,16,20). The second-order valence-electron chi connectivity index (χ2n) is 5.82. The number of nitrogens with zero attached hydrogens (tertiary/aromatic N) is 4. The third-order valence-electron chi connectivity index (χ3n) is 3.65. The van der Waals surface area contributed by atoms with Crippen molar-refractivity contribution in [1.82, 2.24) is 24.9 Å². The van der Waals surface area contributed by atoms with Crippen LogP contribution < -0.4 is 5.32 Å². The Bertz CT molecular complexity index is 635. The van der Waals surface area contributed by atoms with Gasteiger partial charge in [0.25, 0.3) is 0 Å². The van der Waals surface area contributed by atoms with Gasteiger partial charge in [0.2, 0.25) is 5.91 Å². The normalized spacial score (nSPS) is 15.2. The summed E-state index contributed by atoms with van der Waals surface area (Å²) in [6, 6.07) is 0.729. The number of carbonyl (C=O) groups is 1. The van der Waals surface area contributed by atoms with Crippen LogP contribution in [0.4, 0.5) is 0 Å². The van der Waals surface area contributed by atoms with E-state index in [-0.39, 0.29) is 5.91 Å². The molecule has 0 saturated heterocycles. The molecule has 0 aromatic carbocycles. The van der Waals surface area contributed by atoms with Crippen molar-refractivity contribution in [2.75, 3.05) is 0 Å². The zero-order chi connectivity index (χ0) is 14.3. The quantitative estimate of drug-likeness (QED) is 0.904. The summed E-state index contributed by atoms with van der Waals surface area (Å²) in [5.41, 5.74) is 3.05. The van der Waals surface area contributed by atoms with Gasteiger partial charge in [-0.3, -0.25) is 14.2 Å². The average Bonchev–Trinajstić information content (AvgIpc) is 2.99. The second-order valence-corrected chi connectivity index (χ2v) is 5.82. The lowest BCUT2D eigenvalue weighted by atomic mass is 10.3. The van der Waals surface area contributed by atoms with Crippen molar-refractivity contribution in [2.45, 2.75) is 58.7 Å². The van der Waals surface area contributed by atoms with E-state index < -0.39 is 0 Å². The summed E-state index contributed by atoms with van der Waals surface area (Å²) < 4.78 is 3.88. The summed E-state index contributed by atoms with van der Waals surface area (Å²) in [5, 5.41) is 12.0. The molecule has 2 aromatic heterocycles. The maximum absolute atomic E-state index is 11.8. The molecule has 0 spiro atoms. The van der Waals surface area contributed by atoms with Gasteiger partial charge in [0.1, 0.15) is 11.0 Å². The van der Waals surface area contributed by atoms with E-state index in [1.54, 1.807) is 0 Å². The van der Waals surface area contributed by atoms with Crippen molar-refractivity contribution in [1.29, 1.82) is 0 Å². The summed E-state index contributed by atoms with van der Waals surface area (Å²) >= 11 is 0. The molecule has 0 atom stereocenters. The SMILES string of the molecule is Cc1nn(C(C)C)c2cnn(CCC(=O)NC3CC3)c12. The minimum Gasteiger partial charge on any atom is -0.353 e. The molecule has 0 unspecified atom stereocenters. The first kappa shape index (κ1) is 13.1. The zero-order valence-corrected chi connectivity index (χ0v) is 12.3. The molecule has 1 fully saturated rings. The first-order valence-electron chi connectivity index (χ1n) is 7.26. The Morgan fingerprint density at radius 1 is 1.50 bits per heavy atom. The molecule has 6 nitrogen and oxygen atoms in total. The molecule has 1 amide bonds. The van der Waals surface area contributed by atoms with Crippen LogP contribution in [-0.2, 0) is 11.3 Å². The third kappa shape index (κ3) is 2.42. The Hall–Kier alpha value is -1.85. The Morgan fingerprint density at radius 3 is 2.90 bits per heavy atom. The van der Waals surface area contributed by atoms with Crippen LogP contribution in [0.2, 0.25) is 0 Å². The predicted molar refractivity (Wildman–Crippen MR) is 76.4 cm³/mol. The van der Waals surface area contributed by atoms with Gasteiger partial charge in [0.05, 0.1) is 18.4 Å². The highest BCUT2D eigenvalue weighted by atomic mass is 16.1. The molecule has 1 N–H and O–H groups in total. The Labute approximate surface area is 118 Å². The van der Waals surface area contributed by atoms with Crippen LogP contribution >= 0.6 is 0 Å². The summed E-state index contributed by atoms with van der Waals surface area (Å²) in [7, 11) is 0. The summed E-state index contributed by atoms with van der Waals surface area (Å²) in [6.07, 6.45) is 4.56. The highest BCUT2D eigenvalue weighted by Crippen LogP contribution is 2.22. The third-order valence-corrected chi connectivity index (χ3v) is 3.65. The second kappa shape index (κ2) is 4.92. The summed E-state index contributed by atoms with van der Waals surface area (Å²) in [6.45, 7) is 6.80. The van der Waals surface area contributed by atoms with Gasteiger partial charge >= 0.3 is 0 Å². The van der Waals surface area contributed by atoms with Gasteiger partial charge in [-0.2, -0.15) is 10.2 Å². The number of aryl methyl sites for hydroxylation is 2. The molecule has 3 rings (SSSR count). The van der Waals surface area contributed by atoms with Gasteiger partial charge < -0.3 is 5.32 Å². The van der Waals surface area contributed by atoms with Gasteiger partial charge in [0, 0.05) is 18.5 Å². The number of aromatic nitrogens is 4. The van der Waals surface area contributed by atoms with Gasteiger partial charge in [-0.1, -0.05) is 0 Å². The maximum Gasteiger partial charge on any atom is 0.222 e. The topological polar surface area (TPSA) is 64.7 Å². The Kier molecular flexibility index (Phi) is 3.23. The zero-order valence-electron chi connectivity index (χ0n) is 12.3. The van der Waals surface area contributed by atoms with Crippen LogP contribution in [0.1, 0.15) is 44.8 Å². The smallest absolute Gasteiger partial charge is 0.222 e. The average molecular weight is 275 g/mol. The number of nitrogens with one attached hydrogen (secondary N) is 1. The van der Waals surface area contributed by atoms with Gasteiger partial charge in [-0.25, -0.2) is 0 Å². The molecule has 2 aromatic rings. The van der Waals surface area contributed by atoms with E-state index in [0.29, 0.717) is 25.0 Å². The first-order valence-corrected chi connectivity index (χ1v) is 7.26. The lowest BCUT2D eigenvalue weighted by Crippen LogP contribution is -2.26. The largest absolute Gasteiger partial charge is 0.353 e. The molecule has 1 saturated carbocycles. The van der Waals surface area contributed by atoms with Crippen LogP contribution in [0.25, 0.3) is 11.0 Å². The molecular formula is C14H21N5O. The molecule has 20 heavy (non-hydrogen) atoms. The summed E-state index contributed by atoms with van der Waals surface area (Å²) in [5.74, 6) is 0.116. The molecule has 1 aliphatic carbocycles. The van der Waals surface area contributed by atoms with Crippen molar-refractivity contribution in [2.24, 2.45) is 0 Å². The molecule has 2 heterocycles. The number of rotatable bonds is 5. The number of hydrogen-bond donors (Lipinski definition) is 1. The minimum atomic E-state index is 0.116. The highest BCUT2D eigenvalue weighted by Gasteiger charge is 2.23. The maximum atomic E-state index is 11.8. The van der Waals surface area contributed by atoms with Crippen LogP contribution in [0.3, 0.4) is 0 Å². The van der Waals surface area contributed by atoms with Gasteiger partial charge in [-0.15, -0.1) is 0 Å². The number of amides is 1. The van der Waals surface area contributed by atoms with Gasteiger partial charge in [0.15, 0.2) is 0 Å². The highest BCUT2D eigenvalue weighted by molar-refractivity contribution is 5.79. The number of fused-ring (bicyclic) bond motifs is 1. The fourth-order valence-electron chi connectivity index (χ4n) is 2.48. The van der Waals surface area contributed by atoms with Crippen molar-refractivity contribution in [3.8, 4) is 0 Å². The van der Waals surface area contributed by atoms with Gasteiger partial charge in [-0.05, 0) is 33.6 Å². The molecule has 0 radical (unpaired) electrons. The van der Waals surface area contributed by atoms with Crippen molar-refractivity contribution in [3.63, 3.8) is 0 Å². The molecule has 1 aliphatic rings. The van der Waals surface area contributed by atoms with E-state index in [1.807, 2.05) is 22.5 Å². The number of hydrogen-bond acceptors (Lipinski definition) is 3. The molecular weight excluding hydrogens is 254 g/mol. The van der Waals surface area contributed by atoms with E-state index in [0.717, 1.165) is 29.6 Å². The summed E-state index contributed by atoms with van der Waals surface area (Å²) in [4.78, 5) is 11.8. The van der Waals surface area contributed by atoms with Crippen LogP contribution in [-0.4, -0.2) is 31.5 Å². The first-order chi connectivity index (χ1) is 9.56. The molecule has 108 valence electrons. The Morgan fingerprint density at radius 2 is 2.25 bits per heavy atom. The van der Waals surface area contributed by atoms with E-state index >= 15 is 0 Å². The van der Waals surface area contributed by atoms with Crippen LogP contribution in [0, 0.1) is 6.92 Å². The van der Waals surface area contributed by atoms with E-state index in [9.17, 15) is 4.79 Å². The van der Waals surface area contributed by atoms with E-state index in [4.69, 9.17) is 0 Å². The lowest BCUT2D eigenvalue weighted by molar-refractivity contribution is -0.121. The fourth-order valence-corrected chi connectivity index (χ4v) is 2.48. The van der Waals surface area contributed by atoms with Crippen LogP contribution in [0.15, 0.2) is 6.20 Å². The fraction of sp³-hybridized carbons (Fsp3) is 0.643. The predicted octanol–water partition coefficient (Wildman–Crippen LogP) is 1.79. The number of carbonyl (C=O) groups excluding carboxylic acids is 1. The molecule has 0 bridgehead atoms. The lowest BCUT2D eigenvalue weighted by Gasteiger charge is -2.04.